The maximum absolute atomic E-state index is 13.8. The van der Waals surface area contributed by atoms with E-state index in [0.29, 0.717) is 24.5 Å². The first kappa shape index (κ1) is 11.6. The quantitative estimate of drug-likeness (QED) is 0.814. The van der Waals surface area contributed by atoms with E-state index in [4.69, 9.17) is 0 Å². The zero-order chi connectivity index (χ0) is 12.6. The van der Waals surface area contributed by atoms with E-state index in [2.05, 4.69) is 5.32 Å². The molecule has 1 N–H and O–H groups in total. The average molecular weight is 236 g/mol. The molecule has 0 spiro atoms. The second-order valence-electron chi connectivity index (χ2n) is 3.80. The molecule has 1 heterocycles. The normalized spacial score (nSPS) is 13.6. The van der Waals surface area contributed by atoms with E-state index >= 15 is 0 Å². The molecule has 0 fully saturated rings. The fraction of sp³-hybridized carbons (Fsp3) is 0.333. The van der Waals surface area contributed by atoms with E-state index < -0.39 is 17.5 Å². The van der Waals surface area contributed by atoms with E-state index in [0.717, 1.165) is 6.07 Å². The Morgan fingerprint density at radius 1 is 1.24 bits per heavy atom. The summed E-state index contributed by atoms with van der Waals surface area (Å²) in [6, 6.07) is 2.64. The van der Waals surface area contributed by atoms with E-state index in [1.807, 2.05) is 18.7 Å². The van der Waals surface area contributed by atoms with E-state index in [9.17, 15) is 14.0 Å². The number of carbonyl (C=O) groups excluding carboxylic acids is 2. The molecule has 0 saturated carbocycles. The number of carbonyl (C=O) groups is 2. The Labute approximate surface area is 98.4 Å². The highest BCUT2D eigenvalue weighted by molar-refractivity contribution is 6.51. The Morgan fingerprint density at radius 3 is 2.47 bits per heavy atom. The molecule has 17 heavy (non-hydrogen) atoms. The van der Waals surface area contributed by atoms with Crippen LogP contribution in [0.2, 0.25) is 0 Å². The van der Waals surface area contributed by atoms with Gasteiger partial charge in [-0.1, -0.05) is 0 Å². The van der Waals surface area contributed by atoms with Crippen molar-refractivity contribution in [3.63, 3.8) is 0 Å². The number of ketones is 1. The van der Waals surface area contributed by atoms with Crippen LogP contribution >= 0.6 is 0 Å². The highest BCUT2D eigenvalue weighted by Crippen LogP contribution is 2.30. The van der Waals surface area contributed by atoms with Gasteiger partial charge in [0.25, 0.3) is 11.7 Å². The summed E-state index contributed by atoms with van der Waals surface area (Å²) in [4.78, 5) is 24.4. The second-order valence-corrected chi connectivity index (χ2v) is 3.80. The molecule has 1 aromatic carbocycles. The molecule has 0 unspecified atom stereocenters. The first-order chi connectivity index (χ1) is 8.08. The number of nitrogens with one attached hydrogen (secondary N) is 1. The van der Waals surface area contributed by atoms with Gasteiger partial charge in [0.2, 0.25) is 0 Å². The van der Waals surface area contributed by atoms with Crippen LogP contribution in [-0.2, 0) is 4.79 Å². The molecule has 0 saturated heterocycles. The maximum Gasteiger partial charge on any atom is 0.296 e. The lowest BCUT2D eigenvalue weighted by Crippen LogP contribution is -2.23. The van der Waals surface area contributed by atoms with Crippen molar-refractivity contribution < 1.29 is 14.0 Å². The van der Waals surface area contributed by atoms with Crippen LogP contribution in [0.5, 0.6) is 0 Å². The molecule has 0 bridgehead atoms. The molecule has 2 rings (SSSR count). The van der Waals surface area contributed by atoms with Crippen molar-refractivity contribution in [2.24, 2.45) is 0 Å². The third-order valence-corrected chi connectivity index (χ3v) is 2.89. The van der Waals surface area contributed by atoms with Crippen LogP contribution in [0.4, 0.5) is 15.8 Å². The summed E-state index contributed by atoms with van der Waals surface area (Å²) in [5.41, 5.74) is 0.912. The lowest BCUT2D eigenvalue weighted by Gasteiger charge is -2.22. The number of benzene rings is 1. The summed E-state index contributed by atoms with van der Waals surface area (Å²) in [5.74, 6) is -1.85. The van der Waals surface area contributed by atoms with Crippen LogP contribution in [0.1, 0.15) is 24.2 Å². The van der Waals surface area contributed by atoms with Crippen LogP contribution in [0.15, 0.2) is 12.1 Å². The summed E-state index contributed by atoms with van der Waals surface area (Å²) in [6.07, 6.45) is 0. The minimum Gasteiger partial charge on any atom is -0.370 e. The Hall–Kier alpha value is -1.91. The SMILES string of the molecule is CCN(CC)c1cc2c(cc1F)C(=O)C(=O)N2. The summed E-state index contributed by atoms with van der Waals surface area (Å²) in [7, 11) is 0. The van der Waals surface area contributed by atoms with Gasteiger partial charge in [0, 0.05) is 13.1 Å². The number of anilines is 2. The number of fused-ring (bicyclic) bond motifs is 1. The number of hydrogen-bond donors (Lipinski definition) is 1. The predicted molar refractivity (Wildman–Crippen MR) is 62.9 cm³/mol. The predicted octanol–water partition coefficient (Wildman–Crippen LogP) is 1.81. The monoisotopic (exact) mass is 236 g/mol. The average Bonchev–Trinajstić information content (AvgIpc) is 2.58. The van der Waals surface area contributed by atoms with Crippen molar-refractivity contribution in [1.29, 1.82) is 0 Å². The third-order valence-electron chi connectivity index (χ3n) is 2.89. The van der Waals surface area contributed by atoms with Crippen LogP contribution < -0.4 is 10.2 Å². The largest absolute Gasteiger partial charge is 0.370 e. The highest BCUT2D eigenvalue weighted by atomic mass is 19.1. The van der Waals surface area contributed by atoms with Crippen LogP contribution in [-0.4, -0.2) is 24.8 Å². The van der Waals surface area contributed by atoms with Crippen molar-refractivity contribution in [2.75, 3.05) is 23.3 Å². The molecule has 5 heteroatoms. The Morgan fingerprint density at radius 2 is 1.88 bits per heavy atom. The van der Waals surface area contributed by atoms with Gasteiger partial charge < -0.3 is 10.2 Å². The van der Waals surface area contributed by atoms with Gasteiger partial charge in [-0.2, -0.15) is 0 Å². The fourth-order valence-corrected chi connectivity index (χ4v) is 1.96. The summed E-state index contributed by atoms with van der Waals surface area (Å²) in [5, 5.41) is 2.44. The molecule has 0 aromatic heterocycles. The van der Waals surface area contributed by atoms with Crippen molar-refractivity contribution in [1.82, 2.24) is 0 Å². The molecular weight excluding hydrogens is 223 g/mol. The molecule has 90 valence electrons. The Balaban J connectivity index is 2.50. The standard InChI is InChI=1S/C12H13FN2O2/c1-3-15(4-2)10-6-9-7(5-8(10)13)11(16)12(17)14-9/h5-6H,3-4H2,1-2H3,(H,14,16,17). The van der Waals surface area contributed by atoms with E-state index in [1.54, 1.807) is 0 Å². The first-order valence-electron chi connectivity index (χ1n) is 5.52. The lowest BCUT2D eigenvalue weighted by molar-refractivity contribution is -0.112. The molecule has 0 radical (unpaired) electrons. The molecule has 1 aromatic rings. The van der Waals surface area contributed by atoms with Crippen LogP contribution in [0, 0.1) is 5.82 Å². The van der Waals surface area contributed by atoms with Gasteiger partial charge in [0.15, 0.2) is 0 Å². The van der Waals surface area contributed by atoms with Gasteiger partial charge >= 0.3 is 0 Å². The van der Waals surface area contributed by atoms with Crippen molar-refractivity contribution in [2.45, 2.75) is 13.8 Å². The maximum atomic E-state index is 13.8. The van der Waals surface area contributed by atoms with Crippen molar-refractivity contribution >= 4 is 23.1 Å². The molecule has 4 nitrogen and oxygen atoms in total. The number of Topliss-reactive ketones (excluding diaryl/α,β-unsaturated/α-hetero) is 1. The fourth-order valence-electron chi connectivity index (χ4n) is 1.96. The first-order valence-corrected chi connectivity index (χ1v) is 5.52. The third kappa shape index (κ3) is 1.77. The van der Waals surface area contributed by atoms with Crippen molar-refractivity contribution in [3.8, 4) is 0 Å². The lowest BCUT2D eigenvalue weighted by atomic mass is 10.1. The van der Waals surface area contributed by atoms with Gasteiger partial charge in [-0.25, -0.2) is 4.39 Å². The second kappa shape index (κ2) is 4.16. The summed E-state index contributed by atoms with van der Waals surface area (Å²) in [6.45, 7) is 5.15. The smallest absolute Gasteiger partial charge is 0.296 e. The number of hydrogen-bond acceptors (Lipinski definition) is 3. The van der Waals surface area contributed by atoms with Gasteiger partial charge in [0.05, 0.1) is 16.9 Å². The van der Waals surface area contributed by atoms with Gasteiger partial charge in [-0.3, -0.25) is 9.59 Å². The van der Waals surface area contributed by atoms with Gasteiger partial charge in [-0.05, 0) is 26.0 Å². The molecule has 0 atom stereocenters. The minimum atomic E-state index is -0.698. The van der Waals surface area contributed by atoms with Gasteiger partial charge in [0.1, 0.15) is 5.82 Å². The molecule has 0 aliphatic carbocycles. The highest BCUT2D eigenvalue weighted by Gasteiger charge is 2.29. The minimum absolute atomic E-state index is 0.114. The van der Waals surface area contributed by atoms with Crippen LogP contribution in [0.25, 0.3) is 0 Å². The summed E-state index contributed by atoms with van der Waals surface area (Å²) >= 11 is 0. The Bertz CT molecular complexity index is 496. The number of halogens is 1. The summed E-state index contributed by atoms with van der Waals surface area (Å²) < 4.78 is 13.8. The number of rotatable bonds is 3. The van der Waals surface area contributed by atoms with Crippen molar-refractivity contribution in [3.05, 3.63) is 23.5 Å². The van der Waals surface area contributed by atoms with E-state index in [-0.39, 0.29) is 5.56 Å². The van der Waals surface area contributed by atoms with Crippen LogP contribution in [0.3, 0.4) is 0 Å². The number of amides is 1. The molecule has 1 aliphatic heterocycles. The van der Waals surface area contributed by atoms with Gasteiger partial charge in [-0.15, -0.1) is 0 Å². The Kier molecular flexibility index (Phi) is 2.83. The number of nitrogens with zero attached hydrogens (tertiary/aromatic N) is 1. The molecule has 1 amide bonds. The zero-order valence-corrected chi connectivity index (χ0v) is 9.71. The zero-order valence-electron chi connectivity index (χ0n) is 9.71. The topological polar surface area (TPSA) is 49.4 Å². The molecular formula is C12H13FN2O2. The molecule has 1 aliphatic rings. The van der Waals surface area contributed by atoms with E-state index in [1.165, 1.54) is 6.07 Å².